The summed E-state index contributed by atoms with van der Waals surface area (Å²) in [5.41, 5.74) is 23.0. The second kappa shape index (κ2) is 13.7. The Morgan fingerprint density at radius 3 is 2.34 bits per heavy atom. The molecule has 2 aliphatic heterocycles. The predicted octanol–water partition coefficient (Wildman–Crippen LogP) is -6.36. The average molecular weight is 593 g/mol. The van der Waals surface area contributed by atoms with Crippen molar-refractivity contribution in [1.29, 1.82) is 0 Å². The first-order valence-corrected chi connectivity index (χ1v) is 14.4. The van der Waals surface area contributed by atoms with Crippen LogP contribution in [0.2, 0.25) is 0 Å². The monoisotopic (exact) mass is 592 g/mol. The third kappa shape index (κ3) is 7.02. The fraction of sp³-hybridized carbons (Fsp3) is 0.960. The summed E-state index contributed by atoms with van der Waals surface area (Å²) in [4.78, 5) is 12.9. The second-order valence-electron chi connectivity index (χ2n) is 11.9. The van der Waals surface area contributed by atoms with Gasteiger partial charge in [-0.1, -0.05) is 0 Å². The molecule has 4 aliphatic rings. The number of aliphatic hydroxyl groups excluding tert-OH is 5. The Morgan fingerprint density at radius 2 is 1.71 bits per heavy atom. The van der Waals surface area contributed by atoms with E-state index in [-0.39, 0.29) is 25.6 Å². The number of hydrogen-bond donors (Lipinski definition) is 12. The lowest BCUT2D eigenvalue weighted by Gasteiger charge is -2.51. The van der Waals surface area contributed by atoms with E-state index in [0.717, 1.165) is 0 Å². The molecule has 4 rings (SSSR count). The molecule has 0 aromatic rings. The normalized spacial score (nSPS) is 48.5. The van der Waals surface area contributed by atoms with Crippen molar-refractivity contribution >= 4 is 5.91 Å². The Balaban J connectivity index is 1.54. The number of nitrogens with one attached hydrogen (secondary N) is 2. The van der Waals surface area contributed by atoms with Crippen molar-refractivity contribution in [3.63, 3.8) is 0 Å². The van der Waals surface area contributed by atoms with Crippen molar-refractivity contribution < 1.29 is 49.6 Å². The van der Waals surface area contributed by atoms with Crippen LogP contribution in [0.3, 0.4) is 0 Å². The highest BCUT2D eigenvalue weighted by molar-refractivity contribution is 5.89. The molecule has 238 valence electrons. The van der Waals surface area contributed by atoms with Gasteiger partial charge in [0.1, 0.15) is 24.4 Å². The van der Waals surface area contributed by atoms with E-state index in [4.69, 9.17) is 42.3 Å². The molecule has 2 saturated carbocycles. The average Bonchev–Trinajstić information content (AvgIpc) is 3.57. The van der Waals surface area contributed by atoms with Gasteiger partial charge in [0.2, 0.25) is 0 Å². The van der Waals surface area contributed by atoms with Crippen LogP contribution in [0.4, 0.5) is 0 Å². The van der Waals surface area contributed by atoms with E-state index < -0.39 is 97.2 Å². The zero-order valence-electron chi connectivity index (χ0n) is 23.1. The maximum absolute atomic E-state index is 12.9. The van der Waals surface area contributed by atoms with Crippen molar-refractivity contribution in [2.24, 2.45) is 28.9 Å². The SMILES string of the molecule is NC1CCC(CNCCCO)OC1C1C(N)CC(NC(=O)C2(O)CC2N)C(OC2OC(CO)C(O)C(N)C2O)C1O. The molecule has 41 heavy (non-hydrogen) atoms. The summed E-state index contributed by atoms with van der Waals surface area (Å²) in [6.07, 6.45) is -6.98. The fourth-order valence-electron chi connectivity index (χ4n) is 6.19. The van der Waals surface area contributed by atoms with Gasteiger partial charge in [-0.3, -0.25) is 4.79 Å². The summed E-state index contributed by atoms with van der Waals surface area (Å²) in [5.74, 6) is -1.49. The topological polar surface area (TPSA) is 294 Å². The Bertz CT molecular complexity index is 877. The smallest absolute Gasteiger partial charge is 0.253 e. The zero-order chi connectivity index (χ0) is 30.1. The standard InChI is InChI=1S/C25H48N6O10/c26-11-3-2-10(8-30-4-1-5-32)39-21(11)16-12(27)6-13(31-24(37)25(38)7-15(25)28)22(19(16)35)41-23-20(36)17(29)18(34)14(9-33)40-23/h10-23,30,32-36,38H,1-9,26-29H2,(H,31,37). The highest BCUT2D eigenvalue weighted by Gasteiger charge is 2.59. The van der Waals surface area contributed by atoms with E-state index in [1.165, 1.54) is 0 Å². The lowest BCUT2D eigenvalue weighted by atomic mass is 9.72. The maximum atomic E-state index is 12.9. The molecule has 2 heterocycles. The van der Waals surface area contributed by atoms with Gasteiger partial charge in [0, 0.05) is 43.6 Å². The molecule has 16 nitrogen and oxygen atoms in total. The van der Waals surface area contributed by atoms with Gasteiger partial charge in [0.25, 0.3) is 5.91 Å². The van der Waals surface area contributed by atoms with Crippen molar-refractivity contribution in [2.45, 2.75) is 117 Å². The van der Waals surface area contributed by atoms with E-state index in [2.05, 4.69) is 10.6 Å². The van der Waals surface area contributed by atoms with Crippen LogP contribution in [0, 0.1) is 5.92 Å². The van der Waals surface area contributed by atoms with Crippen LogP contribution in [-0.2, 0) is 19.0 Å². The van der Waals surface area contributed by atoms with Crippen LogP contribution in [-0.4, -0.2) is 148 Å². The lowest BCUT2D eigenvalue weighted by Crippen LogP contribution is -2.69. The van der Waals surface area contributed by atoms with E-state index in [1.54, 1.807) is 0 Å². The third-order valence-corrected chi connectivity index (χ3v) is 8.93. The van der Waals surface area contributed by atoms with Crippen LogP contribution in [0.5, 0.6) is 0 Å². The predicted molar refractivity (Wildman–Crippen MR) is 143 cm³/mol. The molecule has 16 heteroatoms. The molecule has 0 spiro atoms. The zero-order valence-corrected chi connectivity index (χ0v) is 23.1. The molecule has 2 saturated heterocycles. The number of aliphatic hydroxyl groups is 6. The van der Waals surface area contributed by atoms with Crippen molar-refractivity contribution in [2.75, 3.05) is 26.3 Å². The fourth-order valence-corrected chi connectivity index (χ4v) is 6.19. The van der Waals surface area contributed by atoms with Gasteiger partial charge in [0.15, 0.2) is 11.9 Å². The number of ether oxygens (including phenoxy) is 3. The molecule has 0 aromatic heterocycles. The Hall–Kier alpha value is -1.09. The van der Waals surface area contributed by atoms with Gasteiger partial charge in [-0.25, -0.2) is 0 Å². The van der Waals surface area contributed by atoms with Gasteiger partial charge in [-0.05, 0) is 32.2 Å². The van der Waals surface area contributed by atoms with Crippen LogP contribution in [0.15, 0.2) is 0 Å². The van der Waals surface area contributed by atoms with E-state index >= 15 is 0 Å². The summed E-state index contributed by atoms with van der Waals surface area (Å²) < 4.78 is 18.0. The van der Waals surface area contributed by atoms with Crippen LogP contribution < -0.4 is 33.6 Å². The Labute approximate surface area is 238 Å². The van der Waals surface area contributed by atoms with E-state index in [1.807, 2.05) is 0 Å². The molecular weight excluding hydrogens is 544 g/mol. The molecule has 0 aromatic carbocycles. The summed E-state index contributed by atoms with van der Waals surface area (Å²) in [5, 5.41) is 67.7. The van der Waals surface area contributed by atoms with Crippen molar-refractivity contribution in [3.05, 3.63) is 0 Å². The minimum absolute atomic E-state index is 0.0693. The van der Waals surface area contributed by atoms with Crippen molar-refractivity contribution in [3.8, 4) is 0 Å². The summed E-state index contributed by atoms with van der Waals surface area (Å²) in [7, 11) is 0. The first-order chi connectivity index (χ1) is 19.4. The van der Waals surface area contributed by atoms with Gasteiger partial charge in [-0.2, -0.15) is 0 Å². The molecular formula is C25H48N6O10. The Kier molecular flexibility index (Phi) is 11.0. The van der Waals surface area contributed by atoms with E-state index in [0.29, 0.717) is 32.4 Å². The van der Waals surface area contributed by atoms with Gasteiger partial charge < -0.3 is 78.4 Å². The highest BCUT2D eigenvalue weighted by atomic mass is 16.7. The molecule has 16 N–H and O–H groups in total. The number of carbonyl (C=O) groups excluding carboxylic acids is 1. The summed E-state index contributed by atoms with van der Waals surface area (Å²) >= 11 is 0. The van der Waals surface area contributed by atoms with E-state index in [9.17, 15) is 30.3 Å². The first kappa shape index (κ1) is 32.8. The molecule has 0 radical (unpaired) electrons. The molecule has 1 amide bonds. The number of nitrogens with two attached hydrogens (primary N) is 4. The lowest BCUT2D eigenvalue weighted by molar-refractivity contribution is -0.306. The van der Waals surface area contributed by atoms with Crippen LogP contribution in [0.1, 0.15) is 32.1 Å². The van der Waals surface area contributed by atoms with Crippen LogP contribution in [0.25, 0.3) is 0 Å². The summed E-state index contributed by atoms with van der Waals surface area (Å²) in [6.45, 7) is 0.594. The summed E-state index contributed by atoms with van der Waals surface area (Å²) in [6, 6.07) is -4.06. The molecule has 15 unspecified atom stereocenters. The number of rotatable bonds is 11. The van der Waals surface area contributed by atoms with Gasteiger partial charge >= 0.3 is 0 Å². The third-order valence-electron chi connectivity index (χ3n) is 8.93. The molecule has 15 atom stereocenters. The number of carbonyl (C=O) groups is 1. The molecule has 4 fully saturated rings. The number of hydrogen-bond acceptors (Lipinski definition) is 15. The largest absolute Gasteiger partial charge is 0.396 e. The molecule has 0 bridgehead atoms. The molecule has 2 aliphatic carbocycles. The quantitative estimate of drug-likeness (QED) is 0.0993. The highest BCUT2D eigenvalue weighted by Crippen LogP contribution is 2.38. The Morgan fingerprint density at radius 1 is 1.00 bits per heavy atom. The van der Waals surface area contributed by atoms with Gasteiger partial charge in [0.05, 0.1) is 37.0 Å². The van der Waals surface area contributed by atoms with Crippen LogP contribution >= 0.6 is 0 Å². The van der Waals surface area contributed by atoms with Crippen molar-refractivity contribution in [1.82, 2.24) is 10.6 Å². The second-order valence-corrected chi connectivity index (χ2v) is 11.9. The minimum atomic E-state index is -1.75. The maximum Gasteiger partial charge on any atom is 0.253 e. The van der Waals surface area contributed by atoms with Gasteiger partial charge in [-0.15, -0.1) is 0 Å². The first-order valence-electron chi connectivity index (χ1n) is 14.4. The minimum Gasteiger partial charge on any atom is -0.396 e. The number of amides is 1.